The lowest BCUT2D eigenvalue weighted by Gasteiger charge is -2.41. The fourth-order valence-electron chi connectivity index (χ4n) is 3.80. The van der Waals surface area contributed by atoms with E-state index in [-0.39, 0.29) is 11.9 Å². The standard InChI is InChI=1S/C20H20BrN3O2/c1-19(2)12-20(15-10-14(21)8-9-16(15)26-19)17(25)24(18(22)23-20)11-13-6-4-3-5-7-13/h3-10H,11-12H2,1-2H3,(H2,22,23). The Kier molecular flexibility index (Phi) is 3.84. The van der Waals surface area contributed by atoms with Crippen LogP contribution in [0.1, 0.15) is 31.4 Å². The fourth-order valence-corrected chi connectivity index (χ4v) is 4.16. The van der Waals surface area contributed by atoms with Crippen LogP contribution in [0.3, 0.4) is 0 Å². The van der Waals surface area contributed by atoms with Gasteiger partial charge in [0.1, 0.15) is 11.4 Å². The zero-order valence-electron chi connectivity index (χ0n) is 14.7. The van der Waals surface area contributed by atoms with Crippen LogP contribution < -0.4 is 10.5 Å². The fraction of sp³-hybridized carbons (Fsp3) is 0.300. The highest BCUT2D eigenvalue weighted by atomic mass is 79.9. The second kappa shape index (κ2) is 5.84. The first-order valence-electron chi connectivity index (χ1n) is 8.51. The maximum atomic E-state index is 13.5. The molecule has 2 aliphatic rings. The van der Waals surface area contributed by atoms with Crippen molar-refractivity contribution in [3.63, 3.8) is 0 Å². The predicted octanol–water partition coefficient (Wildman–Crippen LogP) is 3.56. The van der Waals surface area contributed by atoms with Gasteiger partial charge in [-0.25, -0.2) is 4.99 Å². The summed E-state index contributed by atoms with van der Waals surface area (Å²) in [6.07, 6.45) is 0.439. The number of aliphatic imine (C=N–C) groups is 1. The highest BCUT2D eigenvalue weighted by Gasteiger charge is 2.56. The monoisotopic (exact) mass is 413 g/mol. The molecule has 0 aromatic heterocycles. The molecular weight excluding hydrogens is 394 g/mol. The van der Waals surface area contributed by atoms with Crippen LogP contribution in [0.25, 0.3) is 0 Å². The summed E-state index contributed by atoms with van der Waals surface area (Å²) in [6, 6.07) is 15.5. The van der Waals surface area contributed by atoms with Crippen molar-refractivity contribution in [1.29, 1.82) is 0 Å². The van der Waals surface area contributed by atoms with Gasteiger partial charge in [0, 0.05) is 16.5 Å². The molecule has 0 saturated heterocycles. The summed E-state index contributed by atoms with van der Waals surface area (Å²) in [7, 11) is 0. The first kappa shape index (κ1) is 17.1. The summed E-state index contributed by atoms with van der Waals surface area (Å²) >= 11 is 3.49. The Hall–Kier alpha value is -2.34. The van der Waals surface area contributed by atoms with E-state index in [4.69, 9.17) is 10.5 Å². The molecule has 0 saturated carbocycles. The number of guanidine groups is 1. The Bertz CT molecular complexity index is 911. The minimum Gasteiger partial charge on any atom is -0.487 e. The van der Waals surface area contributed by atoms with E-state index >= 15 is 0 Å². The topological polar surface area (TPSA) is 67.9 Å². The van der Waals surface area contributed by atoms with Crippen molar-refractivity contribution >= 4 is 27.8 Å². The van der Waals surface area contributed by atoms with Gasteiger partial charge in [-0.15, -0.1) is 0 Å². The zero-order valence-corrected chi connectivity index (χ0v) is 16.3. The molecule has 0 bridgehead atoms. The molecule has 2 N–H and O–H groups in total. The van der Waals surface area contributed by atoms with E-state index in [2.05, 4.69) is 20.9 Å². The Morgan fingerprint density at radius 1 is 1.23 bits per heavy atom. The second-order valence-electron chi connectivity index (χ2n) is 7.39. The number of benzene rings is 2. The number of carbonyl (C=O) groups is 1. The Labute approximate surface area is 161 Å². The van der Waals surface area contributed by atoms with E-state index in [9.17, 15) is 4.79 Å². The number of hydrogen-bond donors (Lipinski definition) is 1. The molecule has 26 heavy (non-hydrogen) atoms. The number of ether oxygens (including phenoxy) is 1. The third-order valence-electron chi connectivity index (χ3n) is 4.82. The minimum absolute atomic E-state index is 0.102. The average molecular weight is 414 g/mol. The van der Waals surface area contributed by atoms with Crippen molar-refractivity contribution in [2.24, 2.45) is 10.7 Å². The summed E-state index contributed by atoms with van der Waals surface area (Å²) in [4.78, 5) is 19.8. The number of nitrogens with zero attached hydrogens (tertiary/aromatic N) is 2. The van der Waals surface area contributed by atoms with Gasteiger partial charge in [-0.05, 0) is 37.6 Å². The maximum Gasteiger partial charge on any atom is 0.262 e. The van der Waals surface area contributed by atoms with E-state index in [1.165, 1.54) is 0 Å². The lowest BCUT2D eigenvalue weighted by molar-refractivity contribution is -0.135. The molecule has 2 heterocycles. The van der Waals surface area contributed by atoms with Crippen LogP contribution in [-0.2, 0) is 16.9 Å². The molecule has 0 aliphatic carbocycles. The normalized spacial score (nSPS) is 23.6. The van der Waals surface area contributed by atoms with E-state index in [1.54, 1.807) is 4.90 Å². The van der Waals surface area contributed by atoms with Crippen molar-refractivity contribution in [3.8, 4) is 5.75 Å². The quantitative estimate of drug-likeness (QED) is 0.817. The molecule has 5 nitrogen and oxygen atoms in total. The number of nitrogens with two attached hydrogens (primary N) is 1. The first-order valence-corrected chi connectivity index (χ1v) is 9.30. The van der Waals surface area contributed by atoms with Gasteiger partial charge in [-0.1, -0.05) is 46.3 Å². The Morgan fingerprint density at radius 3 is 2.69 bits per heavy atom. The largest absolute Gasteiger partial charge is 0.487 e. The molecule has 1 amide bonds. The predicted molar refractivity (Wildman–Crippen MR) is 104 cm³/mol. The molecule has 2 aliphatic heterocycles. The van der Waals surface area contributed by atoms with Crippen molar-refractivity contribution in [3.05, 3.63) is 64.1 Å². The van der Waals surface area contributed by atoms with Gasteiger partial charge in [0.2, 0.25) is 0 Å². The van der Waals surface area contributed by atoms with Crippen LogP contribution in [0.4, 0.5) is 0 Å². The molecule has 0 radical (unpaired) electrons. The number of fused-ring (bicyclic) bond motifs is 2. The number of rotatable bonds is 2. The minimum atomic E-state index is -1.04. The van der Waals surface area contributed by atoms with Gasteiger partial charge in [0.15, 0.2) is 11.5 Å². The molecule has 2 aromatic carbocycles. The van der Waals surface area contributed by atoms with E-state index in [0.717, 1.165) is 15.6 Å². The van der Waals surface area contributed by atoms with Crippen LogP contribution in [0, 0.1) is 0 Å². The second-order valence-corrected chi connectivity index (χ2v) is 8.30. The highest BCUT2D eigenvalue weighted by molar-refractivity contribution is 9.10. The van der Waals surface area contributed by atoms with Crippen LogP contribution in [-0.4, -0.2) is 22.4 Å². The van der Waals surface area contributed by atoms with Crippen LogP contribution >= 0.6 is 15.9 Å². The summed E-state index contributed by atoms with van der Waals surface area (Å²) in [5.41, 5.74) is 6.41. The first-order chi connectivity index (χ1) is 12.3. The third kappa shape index (κ3) is 2.69. The maximum absolute atomic E-state index is 13.5. The summed E-state index contributed by atoms with van der Waals surface area (Å²) in [6.45, 7) is 4.35. The van der Waals surface area contributed by atoms with Crippen molar-refractivity contribution in [1.82, 2.24) is 4.90 Å². The van der Waals surface area contributed by atoms with Crippen LogP contribution in [0.5, 0.6) is 5.75 Å². The summed E-state index contributed by atoms with van der Waals surface area (Å²) < 4.78 is 6.97. The van der Waals surface area contributed by atoms with E-state index < -0.39 is 11.1 Å². The third-order valence-corrected chi connectivity index (χ3v) is 5.31. The number of halogens is 1. The SMILES string of the molecule is CC1(C)CC2(N=C(N)N(Cc3ccccc3)C2=O)c2cc(Br)ccc2O1. The van der Waals surface area contributed by atoms with Crippen molar-refractivity contribution < 1.29 is 9.53 Å². The lowest BCUT2D eigenvalue weighted by atomic mass is 9.77. The van der Waals surface area contributed by atoms with Crippen molar-refractivity contribution in [2.45, 2.75) is 38.0 Å². The Balaban J connectivity index is 1.79. The van der Waals surface area contributed by atoms with E-state index in [1.807, 2.05) is 62.4 Å². The van der Waals surface area contributed by atoms with Gasteiger partial charge < -0.3 is 10.5 Å². The Morgan fingerprint density at radius 2 is 1.96 bits per heavy atom. The number of carbonyl (C=O) groups excluding carboxylic acids is 1. The molecular formula is C20H20BrN3O2. The summed E-state index contributed by atoms with van der Waals surface area (Å²) in [5, 5.41) is 0. The smallest absolute Gasteiger partial charge is 0.262 e. The molecule has 6 heteroatoms. The number of hydrogen-bond acceptors (Lipinski definition) is 4. The molecule has 1 atom stereocenters. The van der Waals surface area contributed by atoms with Crippen molar-refractivity contribution in [2.75, 3.05) is 0 Å². The van der Waals surface area contributed by atoms with Gasteiger partial charge >= 0.3 is 0 Å². The molecule has 0 fully saturated rings. The lowest BCUT2D eigenvalue weighted by Crippen LogP contribution is -2.49. The van der Waals surface area contributed by atoms with Gasteiger partial charge in [-0.3, -0.25) is 9.69 Å². The van der Waals surface area contributed by atoms with Gasteiger partial charge in [-0.2, -0.15) is 0 Å². The van der Waals surface area contributed by atoms with Gasteiger partial charge in [0.25, 0.3) is 5.91 Å². The molecule has 2 aromatic rings. The van der Waals surface area contributed by atoms with Crippen LogP contribution in [0.2, 0.25) is 0 Å². The molecule has 1 spiro atoms. The molecule has 134 valence electrons. The van der Waals surface area contributed by atoms with Gasteiger partial charge in [0.05, 0.1) is 6.54 Å². The van der Waals surface area contributed by atoms with E-state index in [0.29, 0.717) is 18.7 Å². The average Bonchev–Trinajstić information content (AvgIpc) is 2.81. The number of amides is 1. The van der Waals surface area contributed by atoms with Crippen LogP contribution in [0.15, 0.2) is 58.0 Å². The molecule has 1 unspecified atom stereocenters. The highest BCUT2D eigenvalue weighted by Crippen LogP contribution is 2.49. The summed E-state index contributed by atoms with van der Waals surface area (Å²) in [5.74, 6) is 0.827. The molecule has 4 rings (SSSR count). The zero-order chi connectivity index (χ0) is 18.5.